The lowest BCUT2D eigenvalue weighted by atomic mass is 10.1. The quantitative estimate of drug-likeness (QED) is 0.285. The number of benzene rings is 3. The Morgan fingerprint density at radius 2 is 1.79 bits per heavy atom. The maximum atomic E-state index is 13.4. The summed E-state index contributed by atoms with van der Waals surface area (Å²) in [5.74, 6) is 7.59. The average Bonchev–Trinajstić information content (AvgIpc) is 3.19. The Hall–Kier alpha value is -3.78. The molecule has 0 saturated heterocycles. The number of nitrogens with zero attached hydrogens (tertiary/aromatic N) is 3. The fourth-order valence-corrected chi connectivity index (χ4v) is 4.49. The molecule has 0 fully saturated rings. The molecule has 4 aromatic rings. The zero-order valence-electron chi connectivity index (χ0n) is 19.4. The number of methoxy groups -OCH3 is 1. The Kier molecular flexibility index (Phi) is 7.18. The number of rotatable bonds is 8. The van der Waals surface area contributed by atoms with E-state index in [1.807, 2.05) is 86.6 Å². The predicted octanol–water partition coefficient (Wildman–Crippen LogP) is 4.68. The molecule has 0 aliphatic heterocycles. The zero-order valence-corrected chi connectivity index (χ0v) is 20.2. The normalized spacial score (nSPS) is 11.7. The number of thioether (sulfide) groups is 1. The maximum Gasteiger partial charge on any atom is 0.242 e. The summed E-state index contributed by atoms with van der Waals surface area (Å²) in [5, 5.41) is 11.5. The first-order valence-corrected chi connectivity index (χ1v) is 11.7. The van der Waals surface area contributed by atoms with E-state index in [9.17, 15) is 4.79 Å². The van der Waals surface area contributed by atoms with E-state index in [4.69, 9.17) is 10.6 Å². The summed E-state index contributed by atoms with van der Waals surface area (Å²) < 4.78 is 6.67. The van der Waals surface area contributed by atoms with Crippen molar-refractivity contribution in [2.75, 3.05) is 18.3 Å². The summed E-state index contributed by atoms with van der Waals surface area (Å²) >= 11 is 1.28. The Bertz CT molecular complexity index is 1270. The number of carbonyl (C=O) groups excluding carboxylic acids is 1. The molecule has 1 amide bonds. The van der Waals surface area contributed by atoms with Crippen molar-refractivity contribution < 1.29 is 9.53 Å². The monoisotopic (exact) mass is 473 g/mol. The molecule has 8 heteroatoms. The average molecular weight is 474 g/mol. The molecule has 3 N–H and O–H groups in total. The molecule has 3 aromatic carbocycles. The number of aromatic nitrogens is 3. The minimum Gasteiger partial charge on any atom is -0.497 e. The second kappa shape index (κ2) is 10.4. The van der Waals surface area contributed by atoms with Crippen molar-refractivity contribution >= 4 is 23.4 Å². The number of nitrogens with two attached hydrogens (primary N) is 1. The van der Waals surface area contributed by atoms with E-state index in [-0.39, 0.29) is 5.91 Å². The molecule has 1 atom stereocenters. The van der Waals surface area contributed by atoms with Crippen LogP contribution in [0.15, 0.2) is 78.0 Å². The number of ether oxygens (including phenoxy) is 1. The highest BCUT2D eigenvalue weighted by Crippen LogP contribution is 2.35. The van der Waals surface area contributed by atoms with Crippen LogP contribution in [0.2, 0.25) is 0 Å². The lowest BCUT2D eigenvalue weighted by Crippen LogP contribution is -2.21. The molecule has 1 aromatic heterocycles. The van der Waals surface area contributed by atoms with Crippen LogP contribution >= 0.6 is 11.8 Å². The highest BCUT2D eigenvalue weighted by molar-refractivity contribution is 8.00. The van der Waals surface area contributed by atoms with E-state index >= 15 is 0 Å². The summed E-state index contributed by atoms with van der Waals surface area (Å²) in [5.41, 5.74) is 4.76. The van der Waals surface area contributed by atoms with E-state index in [1.54, 1.807) is 7.11 Å². The molecule has 0 bridgehead atoms. The van der Waals surface area contributed by atoms with Gasteiger partial charge in [-0.3, -0.25) is 4.79 Å². The lowest BCUT2D eigenvalue weighted by molar-refractivity contribution is -0.115. The van der Waals surface area contributed by atoms with Crippen molar-refractivity contribution in [1.82, 2.24) is 14.9 Å². The number of hydrogen-bond donors (Lipinski definition) is 2. The fourth-order valence-electron chi connectivity index (χ4n) is 3.51. The third-order valence-electron chi connectivity index (χ3n) is 5.47. The molecule has 0 saturated carbocycles. The maximum absolute atomic E-state index is 13.4. The third kappa shape index (κ3) is 5.40. The Labute approximate surface area is 203 Å². The van der Waals surface area contributed by atoms with Gasteiger partial charge < -0.3 is 15.9 Å². The highest BCUT2D eigenvalue weighted by Gasteiger charge is 2.26. The first-order valence-electron chi connectivity index (χ1n) is 10.9. The third-order valence-corrected chi connectivity index (χ3v) is 6.68. The molecule has 0 spiro atoms. The number of anilines is 1. The van der Waals surface area contributed by atoms with Gasteiger partial charge in [-0.25, -0.2) is 4.68 Å². The van der Waals surface area contributed by atoms with Crippen LogP contribution in [0.3, 0.4) is 0 Å². The van der Waals surface area contributed by atoms with Gasteiger partial charge in [0.05, 0.1) is 7.11 Å². The number of nitrogens with one attached hydrogen (secondary N) is 1. The van der Waals surface area contributed by atoms with Crippen molar-refractivity contribution in [2.24, 2.45) is 0 Å². The van der Waals surface area contributed by atoms with E-state index in [0.29, 0.717) is 17.4 Å². The van der Waals surface area contributed by atoms with Gasteiger partial charge >= 0.3 is 0 Å². The van der Waals surface area contributed by atoms with Crippen LogP contribution in [-0.4, -0.2) is 27.9 Å². The highest BCUT2D eigenvalue weighted by atomic mass is 32.2. The largest absolute Gasteiger partial charge is 0.497 e. The van der Waals surface area contributed by atoms with Crippen LogP contribution in [0, 0.1) is 13.8 Å². The topological polar surface area (TPSA) is 95.1 Å². The number of amides is 1. The van der Waals surface area contributed by atoms with E-state index in [2.05, 4.69) is 15.5 Å². The summed E-state index contributed by atoms with van der Waals surface area (Å²) in [6, 6.07) is 23.3. The van der Waals surface area contributed by atoms with Gasteiger partial charge in [0.1, 0.15) is 11.0 Å². The second-order valence-corrected chi connectivity index (χ2v) is 9.08. The molecular formula is C26H27N5O2S. The van der Waals surface area contributed by atoms with Crippen LogP contribution in [0.1, 0.15) is 33.3 Å². The van der Waals surface area contributed by atoms with Crippen molar-refractivity contribution in [3.05, 3.63) is 101 Å². The summed E-state index contributed by atoms with van der Waals surface area (Å²) in [4.78, 5) is 13.4. The molecule has 0 aliphatic carbocycles. The van der Waals surface area contributed by atoms with Crippen LogP contribution < -0.4 is 15.9 Å². The molecular weight excluding hydrogens is 446 g/mol. The van der Waals surface area contributed by atoms with Gasteiger partial charge in [0.2, 0.25) is 11.1 Å². The van der Waals surface area contributed by atoms with Crippen LogP contribution in [0.4, 0.5) is 5.69 Å². The number of hydrogen-bond acceptors (Lipinski definition) is 6. The molecule has 0 radical (unpaired) electrons. The second-order valence-electron chi connectivity index (χ2n) is 8.01. The van der Waals surface area contributed by atoms with Gasteiger partial charge in [0.15, 0.2) is 5.82 Å². The molecule has 0 aliphatic rings. The van der Waals surface area contributed by atoms with Gasteiger partial charge in [-0.2, -0.15) is 0 Å². The molecule has 1 heterocycles. The Balaban J connectivity index is 1.57. The molecule has 1 unspecified atom stereocenters. The number of carbonyl (C=O) groups is 1. The van der Waals surface area contributed by atoms with Gasteiger partial charge in [-0.05, 0) is 54.3 Å². The standard InChI is InChI=1S/C26H27N5O2S/c1-17-9-10-18(2)22(15-17)28-25(32)24(20-7-5-4-6-8-20)34-26-30-29-23(31(26)27)16-19-11-13-21(33-3)14-12-19/h4-15,24H,16,27H2,1-3H3,(H,28,32). The zero-order chi connectivity index (χ0) is 24.1. The first kappa shape index (κ1) is 23.4. The Morgan fingerprint density at radius 1 is 1.06 bits per heavy atom. The SMILES string of the molecule is COc1ccc(Cc2nnc(SC(C(=O)Nc3cc(C)ccc3C)c3ccccc3)n2N)cc1. The Morgan fingerprint density at radius 3 is 2.50 bits per heavy atom. The molecule has 174 valence electrons. The van der Waals surface area contributed by atoms with Crippen molar-refractivity contribution in [2.45, 2.75) is 30.7 Å². The predicted molar refractivity (Wildman–Crippen MR) is 136 cm³/mol. The smallest absolute Gasteiger partial charge is 0.242 e. The first-order chi connectivity index (χ1) is 16.4. The van der Waals surface area contributed by atoms with Crippen molar-refractivity contribution in [3.63, 3.8) is 0 Å². The van der Waals surface area contributed by atoms with E-state index < -0.39 is 5.25 Å². The number of aryl methyl sites for hydroxylation is 2. The van der Waals surface area contributed by atoms with E-state index in [1.165, 1.54) is 16.4 Å². The van der Waals surface area contributed by atoms with Gasteiger partial charge in [-0.15, -0.1) is 10.2 Å². The van der Waals surface area contributed by atoms with E-state index in [0.717, 1.165) is 33.7 Å². The molecule has 7 nitrogen and oxygen atoms in total. The summed E-state index contributed by atoms with van der Waals surface area (Å²) in [6.45, 7) is 3.97. The summed E-state index contributed by atoms with van der Waals surface area (Å²) in [7, 11) is 1.63. The van der Waals surface area contributed by atoms with Gasteiger partial charge in [0.25, 0.3) is 0 Å². The van der Waals surface area contributed by atoms with Crippen LogP contribution in [-0.2, 0) is 11.2 Å². The van der Waals surface area contributed by atoms with Crippen LogP contribution in [0.25, 0.3) is 0 Å². The van der Waals surface area contributed by atoms with Crippen LogP contribution in [0.5, 0.6) is 5.75 Å². The van der Waals surface area contributed by atoms with Gasteiger partial charge in [0, 0.05) is 12.1 Å². The minimum atomic E-state index is -0.554. The van der Waals surface area contributed by atoms with Crippen molar-refractivity contribution in [1.29, 1.82) is 0 Å². The fraction of sp³-hybridized carbons (Fsp3) is 0.192. The lowest BCUT2D eigenvalue weighted by Gasteiger charge is -2.17. The minimum absolute atomic E-state index is 0.149. The molecule has 4 rings (SSSR count). The molecule has 34 heavy (non-hydrogen) atoms. The van der Waals surface area contributed by atoms with Gasteiger partial charge in [-0.1, -0.05) is 66.4 Å². The summed E-state index contributed by atoms with van der Waals surface area (Å²) in [6.07, 6.45) is 0.513. The number of nitrogen functional groups attached to an aromatic ring is 1. The van der Waals surface area contributed by atoms with Crippen molar-refractivity contribution in [3.8, 4) is 5.75 Å².